The Morgan fingerprint density at radius 2 is 2.19 bits per heavy atom. The Morgan fingerprint density at radius 3 is 2.81 bits per heavy atom. The lowest BCUT2D eigenvalue weighted by molar-refractivity contribution is 0.0178. The average Bonchev–Trinajstić information content (AvgIpc) is 2.31. The van der Waals surface area contributed by atoms with Crippen molar-refractivity contribution >= 4 is 15.9 Å². The van der Waals surface area contributed by atoms with Gasteiger partial charge < -0.3 is 10.5 Å². The molecule has 0 saturated carbocycles. The molecular formula is C11H16BrN3O. The highest BCUT2D eigenvalue weighted by Crippen LogP contribution is 2.22. The summed E-state index contributed by atoms with van der Waals surface area (Å²) in [5, 5.41) is 0. The van der Waals surface area contributed by atoms with Crippen LogP contribution in [0.25, 0.3) is 0 Å². The predicted molar refractivity (Wildman–Crippen MR) is 66.1 cm³/mol. The third-order valence-corrected chi connectivity index (χ3v) is 3.25. The SMILES string of the molecule is NC[C@@H](c1cncc(Br)c1)N1CCOCC1. The second-order valence-electron chi connectivity index (χ2n) is 3.84. The van der Waals surface area contributed by atoms with Gasteiger partial charge in [0.15, 0.2) is 0 Å². The van der Waals surface area contributed by atoms with E-state index in [1.165, 1.54) is 5.56 Å². The van der Waals surface area contributed by atoms with Gasteiger partial charge in [0, 0.05) is 42.5 Å². The molecule has 1 aliphatic rings. The van der Waals surface area contributed by atoms with Crippen LogP contribution in [0.5, 0.6) is 0 Å². The molecule has 1 fully saturated rings. The maximum atomic E-state index is 5.86. The molecular weight excluding hydrogens is 270 g/mol. The molecule has 0 amide bonds. The van der Waals surface area contributed by atoms with E-state index < -0.39 is 0 Å². The van der Waals surface area contributed by atoms with Crippen LogP contribution in [0.3, 0.4) is 0 Å². The Labute approximate surface area is 104 Å². The summed E-state index contributed by atoms with van der Waals surface area (Å²) in [4.78, 5) is 6.54. The van der Waals surface area contributed by atoms with Gasteiger partial charge in [0.25, 0.3) is 0 Å². The van der Waals surface area contributed by atoms with E-state index >= 15 is 0 Å². The Morgan fingerprint density at radius 1 is 1.44 bits per heavy atom. The molecule has 4 nitrogen and oxygen atoms in total. The monoisotopic (exact) mass is 285 g/mol. The van der Waals surface area contributed by atoms with Gasteiger partial charge in [-0.05, 0) is 27.6 Å². The average molecular weight is 286 g/mol. The Balaban J connectivity index is 2.14. The zero-order chi connectivity index (χ0) is 11.4. The number of aromatic nitrogens is 1. The van der Waals surface area contributed by atoms with Crippen LogP contribution in [0.2, 0.25) is 0 Å². The van der Waals surface area contributed by atoms with Gasteiger partial charge in [-0.2, -0.15) is 0 Å². The standard InChI is InChI=1S/C11H16BrN3O/c12-10-5-9(7-14-8-10)11(6-13)15-1-3-16-4-2-15/h5,7-8,11H,1-4,6,13H2/t11-/m0/s1. The quantitative estimate of drug-likeness (QED) is 0.906. The minimum atomic E-state index is 0.244. The topological polar surface area (TPSA) is 51.4 Å². The van der Waals surface area contributed by atoms with E-state index in [2.05, 4.69) is 31.9 Å². The third-order valence-electron chi connectivity index (χ3n) is 2.82. The van der Waals surface area contributed by atoms with Crippen LogP contribution in [-0.4, -0.2) is 42.7 Å². The number of ether oxygens (including phenoxy) is 1. The van der Waals surface area contributed by atoms with Crippen LogP contribution in [-0.2, 0) is 4.74 Å². The smallest absolute Gasteiger partial charge is 0.0594 e. The normalized spacial score (nSPS) is 19.6. The summed E-state index contributed by atoms with van der Waals surface area (Å²) in [5.41, 5.74) is 7.03. The summed E-state index contributed by atoms with van der Waals surface area (Å²) < 4.78 is 6.34. The molecule has 0 radical (unpaired) electrons. The van der Waals surface area contributed by atoms with Gasteiger partial charge in [-0.25, -0.2) is 0 Å². The highest BCUT2D eigenvalue weighted by molar-refractivity contribution is 9.10. The van der Waals surface area contributed by atoms with E-state index in [1.807, 2.05) is 6.20 Å². The fourth-order valence-corrected chi connectivity index (χ4v) is 2.38. The number of hydrogen-bond donors (Lipinski definition) is 1. The molecule has 2 rings (SSSR count). The van der Waals surface area contributed by atoms with Gasteiger partial charge in [0.05, 0.1) is 13.2 Å². The molecule has 1 aromatic heterocycles. The predicted octanol–water partition coefficient (Wildman–Crippen LogP) is 1.18. The summed E-state index contributed by atoms with van der Waals surface area (Å²) >= 11 is 3.44. The van der Waals surface area contributed by atoms with Crippen molar-refractivity contribution in [2.24, 2.45) is 5.73 Å². The van der Waals surface area contributed by atoms with Crippen LogP contribution >= 0.6 is 15.9 Å². The van der Waals surface area contributed by atoms with Crippen molar-refractivity contribution in [3.63, 3.8) is 0 Å². The summed E-state index contributed by atoms with van der Waals surface area (Å²) in [5.74, 6) is 0. The first-order valence-electron chi connectivity index (χ1n) is 5.43. The van der Waals surface area contributed by atoms with Crippen molar-refractivity contribution in [1.82, 2.24) is 9.88 Å². The summed E-state index contributed by atoms with van der Waals surface area (Å²) in [6, 6.07) is 2.33. The number of halogens is 1. The molecule has 5 heteroatoms. The molecule has 1 aliphatic heterocycles. The number of rotatable bonds is 3. The molecule has 0 aliphatic carbocycles. The van der Waals surface area contributed by atoms with Crippen LogP contribution < -0.4 is 5.73 Å². The molecule has 2 N–H and O–H groups in total. The second-order valence-corrected chi connectivity index (χ2v) is 4.75. The molecule has 16 heavy (non-hydrogen) atoms. The van der Waals surface area contributed by atoms with Crippen LogP contribution in [0.4, 0.5) is 0 Å². The first-order chi connectivity index (χ1) is 7.81. The molecule has 1 aromatic rings. The van der Waals surface area contributed by atoms with Crippen molar-refractivity contribution in [2.45, 2.75) is 6.04 Å². The maximum absolute atomic E-state index is 5.86. The molecule has 0 bridgehead atoms. The minimum Gasteiger partial charge on any atom is -0.379 e. The van der Waals surface area contributed by atoms with Gasteiger partial charge >= 0.3 is 0 Å². The Hall–Kier alpha value is -0.490. The lowest BCUT2D eigenvalue weighted by Gasteiger charge is -2.33. The zero-order valence-electron chi connectivity index (χ0n) is 9.10. The number of pyridine rings is 1. The first-order valence-corrected chi connectivity index (χ1v) is 6.23. The van der Waals surface area contributed by atoms with Crippen molar-refractivity contribution < 1.29 is 4.74 Å². The van der Waals surface area contributed by atoms with Gasteiger partial charge in [-0.1, -0.05) is 0 Å². The van der Waals surface area contributed by atoms with Crippen molar-refractivity contribution in [3.05, 3.63) is 28.5 Å². The van der Waals surface area contributed by atoms with Crippen molar-refractivity contribution in [2.75, 3.05) is 32.8 Å². The molecule has 0 aromatic carbocycles. The van der Waals surface area contributed by atoms with Gasteiger partial charge in [-0.15, -0.1) is 0 Å². The van der Waals surface area contributed by atoms with Crippen molar-refractivity contribution in [3.8, 4) is 0 Å². The summed E-state index contributed by atoms with van der Waals surface area (Å²) in [6.45, 7) is 4.07. The highest BCUT2D eigenvalue weighted by Gasteiger charge is 2.21. The highest BCUT2D eigenvalue weighted by atomic mass is 79.9. The Kier molecular flexibility index (Phi) is 4.29. The third kappa shape index (κ3) is 2.79. The van der Waals surface area contributed by atoms with Crippen LogP contribution in [0.15, 0.2) is 22.9 Å². The fraction of sp³-hybridized carbons (Fsp3) is 0.545. The number of morpholine rings is 1. The molecule has 1 saturated heterocycles. The maximum Gasteiger partial charge on any atom is 0.0594 e. The number of nitrogens with two attached hydrogens (primary N) is 1. The van der Waals surface area contributed by atoms with E-state index in [0.717, 1.165) is 30.8 Å². The number of nitrogens with zero attached hydrogens (tertiary/aromatic N) is 2. The van der Waals surface area contributed by atoms with Crippen LogP contribution in [0, 0.1) is 0 Å². The Bertz CT molecular complexity index is 342. The van der Waals surface area contributed by atoms with Crippen molar-refractivity contribution in [1.29, 1.82) is 0 Å². The molecule has 2 heterocycles. The minimum absolute atomic E-state index is 0.244. The molecule has 88 valence electrons. The fourth-order valence-electron chi connectivity index (χ4n) is 2.00. The van der Waals surface area contributed by atoms with E-state index in [4.69, 9.17) is 10.5 Å². The van der Waals surface area contributed by atoms with Gasteiger partial charge in [0.2, 0.25) is 0 Å². The first kappa shape index (κ1) is 12.0. The van der Waals surface area contributed by atoms with Gasteiger partial charge in [0.1, 0.15) is 0 Å². The molecule has 0 unspecified atom stereocenters. The van der Waals surface area contributed by atoms with E-state index in [0.29, 0.717) is 6.54 Å². The zero-order valence-corrected chi connectivity index (χ0v) is 10.7. The largest absolute Gasteiger partial charge is 0.379 e. The van der Waals surface area contributed by atoms with E-state index in [1.54, 1.807) is 6.20 Å². The lowest BCUT2D eigenvalue weighted by Crippen LogP contribution is -2.41. The van der Waals surface area contributed by atoms with E-state index in [9.17, 15) is 0 Å². The molecule has 0 spiro atoms. The summed E-state index contributed by atoms with van der Waals surface area (Å²) in [6.07, 6.45) is 3.67. The second kappa shape index (κ2) is 5.72. The van der Waals surface area contributed by atoms with Gasteiger partial charge in [-0.3, -0.25) is 9.88 Å². The summed E-state index contributed by atoms with van der Waals surface area (Å²) in [7, 11) is 0. The lowest BCUT2D eigenvalue weighted by atomic mass is 10.1. The van der Waals surface area contributed by atoms with E-state index in [-0.39, 0.29) is 6.04 Å². The molecule has 1 atom stereocenters. The van der Waals surface area contributed by atoms with Crippen LogP contribution in [0.1, 0.15) is 11.6 Å². The number of hydrogen-bond acceptors (Lipinski definition) is 4.